The van der Waals surface area contributed by atoms with E-state index in [4.69, 9.17) is 5.11 Å². The largest absolute Gasteiger partial charge is 0.396 e. The third-order valence-electron chi connectivity index (χ3n) is 4.53. The Morgan fingerprint density at radius 1 is 1.00 bits per heavy atom. The fourth-order valence-electron chi connectivity index (χ4n) is 3.30. The Bertz CT molecular complexity index is 1100. The molecule has 4 aromatic rings. The van der Waals surface area contributed by atoms with Gasteiger partial charge in [-0.25, -0.2) is 4.68 Å². The van der Waals surface area contributed by atoms with Crippen molar-refractivity contribution in [2.75, 3.05) is 23.8 Å². The zero-order valence-electron chi connectivity index (χ0n) is 16.6. The van der Waals surface area contributed by atoms with Gasteiger partial charge in [0.1, 0.15) is 5.82 Å². The van der Waals surface area contributed by atoms with Crippen LogP contribution in [0.15, 0.2) is 54.7 Å². The Morgan fingerprint density at radius 2 is 1.76 bits per heavy atom. The fraction of sp³-hybridized carbons (Fsp3) is 0.227. The monoisotopic (exact) mass is 388 g/mol. The molecule has 2 aromatic carbocycles. The summed E-state index contributed by atoms with van der Waals surface area (Å²) in [5.74, 6) is 1.18. The molecule has 0 aliphatic heterocycles. The molecule has 7 heteroatoms. The van der Waals surface area contributed by atoms with E-state index in [-0.39, 0.29) is 6.61 Å². The van der Waals surface area contributed by atoms with Crippen LogP contribution in [0.2, 0.25) is 0 Å². The molecule has 3 N–H and O–H groups in total. The number of hydrogen-bond donors (Lipinski definition) is 3. The number of anilines is 3. The van der Waals surface area contributed by atoms with Crippen molar-refractivity contribution < 1.29 is 5.11 Å². The van der Waals surface area contributed by atoms with Gasteiger partial charge in [-0.05, 0) is 55.7 Å². The Morgan fingerprint density at radius 3 is 2.48 bits per heavy atom. The summed E-state index contributed by atoms with van der Waals surface area (Å²) in [6.07, 6.45) is 2.41. The summed E-state index contributed by atoms with van der Waals surface area (Å²) >= 11 is 0. The van der Waals surface area contributed by atoms with E-state index >= 15 is 0 Å². The molecule has 4 rings (SSSR count). The minimum absolute atomic E-state index is 0.116. The van der Waals surface area contributed by atoms with Crippen molar-refractivity contribution >= 4 is 28.5 Å². The summed E-state index contributed by atoms with van der Waals surface area (Å²) in [5.41, 5.74) is 4.97. The first-order valence-corrected chi connectivity index (χ1v) is 9.65. The molecule has 148 valence electrons. The zero-order valence-corrected chi connectivity index (χ0v) is 16.6. The van der Waals surface area contributed by atoms with Crippen LogP contribution in [0.4, 0.5) is 17.5 Å². The predicted octanol–water partition coefficient (Wildman–Crippen LogP) is 3.97. The Hall–Kier alpha value is -3.45. The van der Waals surface area contributed by atoms with E-state index in [1.165, 1.54) is 11.1 Å². The molecule has 0 saturated carbocycles. The van der Waals surface area contributed by atoms with Gasteiger partial charge >= 0.3 is 0 Å². The molecule has 0 saturated heterocycles. The molecule has 0 atom stereocenters. The van der Waals surface area contributed by atoms with Crippen LogP contribution in [0.1, 0.15) is 17.5 Å². The molecule has 2 aromatic heterocycles. The molecular formula is C22H24N6O. The number of hydrogen-bond acceptors (Lipinski definition) is 6. The molecule has 0 spiro atoms. The van der Waals surface area contributed by atoms with Gasteiger partial charge in [0.25, 0.3) is 0 Å². The van der Waals surface area contributed by atoms with E-state index in [9.17, 15) is 0 Å². The molecular weight excluding hydrogens is 364 g/mol. The van der Waals surface area contributed by atoms with Gasteiger partial charge in [0, 0.05) is 18.8 Å². The number of para-hydroxylation sites is 1. The number of aliphatic hydroxyl groups excluding tert-OH is 1. The highest BCUT2D eigenvalue weighted by atomic mass is 16.3. The van der Waals surface area contributed by atoms with Gasteiger partial charge in [-0.2, -0.15) is 15.1 Å². The predicted molar refractivity (Wildman–Crippen MR) is 116 cm³/mol. The van der Waals surface area contributed by atoms with Crippen LogP contribution in [0.5, 0.6) is 0 Å². The summed E-state index contributed by atoms with van der Waals surface area (Å²) in [4.78, 5) is 9.34. The third-order valence-corrected chi connectivity index (χ3v) is 4.53. The lowest BCUT2D eigenvalue weighted by Gasteiger charge is -2.12. The lowest BCUT2D eigenvalue weighted by Crippen LogP contribution is -2.09. The second-order valence-electron chi connectivity index (χ2n) is 7.03. The van der Waals surface area contributed by atoms with E-state index < -0.39 is 0 Å². The first-order chi connectivity index (χ1) is 14.1. The van der Waals surface area contributed by atoms with E-state index in [0.717, 1.165) is 16.8 Å². The van der Waals surface area contributed by atoms with Crippen molar-refractivity contribution in [3.63, 3.8) is 0 Å². The highest BCUT2D eigenvalue weighted by molar-refractivity contribution is 5.90. The average molecular weight is 388 g/mol. The van der Waals surface area contributed by atoms with Gasteiger partial charge in [-0.15, -0.1) is 0 Å². The SMILES string of the molecule is Cc1cc(C)cc(Nc2nc(NCCCO)nc3c2cnn3-c2ccccc2)c1. The van der Waals surface area contributed by atoms with Gasteiger partial charge in [0.05, 0.1) is 17.3 Å². The summed E-state index contributed by atoms with van der Waals surface area (Å²) in [6, 6.07) is 16.2. The second kappa shape index (κ2) is 8.28. The minimum Gasteiger partial charge on any atom is -0.396 e. The summed E-state index contributed by atoms with van der Waals surface area (Å²) in [5, 5.41) is 21.1. The molecule has 0 amide bonds. The maximum atomic E-state index is 9.07. The van der Waals surface area contributed by atoms with Gasteiger partial charge in [-0.1, -0.05) is 24.3 Å². The highest BCUT2D eigenvalue weighted by Crippen LogP contribution is 2.27. The number of aryl methyl sites for hydroxylation is 2. The summed E-state index contributed by atoms with van der Waals surface area (Å²) < 4.78 is 1.81. The maximum absolute atomic E-state index is 9.07. The normalized spacial score (nSPS) is 11.0. The number of nitrogens with one attached hydrogen (secondary N) is 2. The summed E-state index contributed by atoms with van der Waals surface area (Å²) in [7, 11) is 0. The van der Waals surface area contributed by atoms with Crippen LogP contribution < -0.4 is 10.6 Å². The molecule has 29 heavy (non-hydrogen) atoms. The van der Waals surface area contributed by atoms with Crippen molar-refractivity contribution in [2.45, 2.75) is 20.3 Å². The molecule has 0 unspecified atom stereocenters. The van der Waals surface area contributed by atoms with E-state index in [0.29, 0.717) is 30.4 Å². The van der Waals surface area contributed by atoms with Crippen molar-refractivity contribution in [3.8, 4) is 5.69 Å². The third kappa shape index (κ3) is 4.20. The Kier molecular flexibility index (Phi) is 5.39. The number of nitrogens with zero attached hydrogens (tertiary/aromatic N) is 4. The van der Waals surface area contributed by atoms with Crippen molar-refractivity contribution in [3.05, 3.63) is 65.9 Å². The zero-order chi connectivity index (χ0) is 20.2. The molecule has 7 nitrogen and oxygen atoms in total. The fourth-order valence-corrected chi connectivity index (χ4v) is 3.30. The molecule has 0 radical (unpaired) electrons. The van der Waals surface area contributed by atoms with Crippen LogP contribution in [0, 0.1) is 13.8 Å². The molecule has 0 aliphatic rings. The Balaban J connectivity index is 1.80. The molecule has 2 heterocycles. The lowest BCUT2D eigenvalue weighted by molar-refractivity contribution is 0.292. The number of rotatable bonds is 7. The number of benzene rings is 2. The van der Waals surface area contributed by atoms with Crippen molar-refractivity contribution in [2.24, 2.45) is 0 Å². The maximum Gasteiger partial charge on any atom is 0.226 e. The molecule has 0 aliphatic carbocycles. The van der Waals surface area contributed by atoms with Crippen molar-refractivity contribution in [1.82, 2.24) is 19.7 Å². The second-order valence-corrected chi connectivity index (χ2v) is 7.03. The van der Waals surface area contributed by atoms with Crippen molar-refractivity contribution in [1.29, 1.82) is 0 Å². The Labute approximate surface area is 169 Å². The number of aromatic nitrogens is 4. The standard InChI is InChI=1S/C22H24N6O/c1-15-11-16(2)13-17(12-15)25-20-19-14-24-28(18-7-4-3-5-8-18)21(19)27-22(26-20)23-9-6-10-29/h3-5,7-8,11-14,29H,6,9-10H2,1-2H3,(H2,23,25,26,27). The van der Waals surface area contributed by atoms with Crippen LogP contribution in [-0.2, 0) is 0 Å². The quantitative estimate of drug-likeness (QED) is 0.415. The van der Waals surface area contributed by atoms with E-state index in [1.54, 1.807) is 10.9 Å². The number of fused-ring (bicyclic) bond motifs is 1. The smallest absolute Gasteiger partial charge is 0.226 e. The van der Waals surface area contributed by atoms with E-state index in [2.05, 4.69) is 57.7 Å². The van der Waals surface area contributed by atoms with Gasteiger partial charge in [0.15, 0.2) is 5.65 Å². The first-order valence-electron chi connectivity index (χ1n) is 9.65. The van der Waals surface area contributed by atoms with Crippen LogP contribution in [0.25, 0.3) is 16.7 Å². The lowest BCUT2D eigenvalue weighted by atomic mass is 10.1. The molecule has 0 fully saturated rings. The minimum atomic E-state index is 0.116. The highest BCUT2D eigenvalue weighted by Gasteiger charge is 2.14. The van der Waals surface area contributed by atoms with Crippen LogP contribution >= 0.6 is 0 Å². The average Bonchev–Trinajstić information content (AvgIpc) is 3.12. The summed E-state index contributed by atoms with van der Waals surface area (Å²) in [6.45, 7) is 4.85. The first kappa shape index (κ1) is 18.9. The van der Waals surface area contributed by atoms with Gasteiger partial charge in [0.2, 0.25) is 5.95 Å². The van der Waals surface area contributed by atoms with Crippen LogP contribution in [-0.4, -0.2) is 38.0 Å². The molecule has 0 bridgehead atoms. The topological polar surface area (TPSA) is 87.9 Å². The van der Waals surface area contributed by atoms with Crippen LogP contribution in [0.3, 0.4) is 0 Å². The van der Waals surface area contributed by atoms with Gasteiger partial charge < -0.3 is 15.7 Å². The van der Waals surface area contributed by atoms with E-state index in [1.807, 2.05) is 30.3 Å². The van der Waals surface area contributed by atoms with Gasteiger partial charge in [-0.3, -0.25) is 0 Å². The number of aliphatic hydroxyl groups is 1.